The van der Waals surface area contributed by atoms with Gasteiger partial charge in [-0.3, -0.25) is 9.59 Å². The highest BCUT2D eigenvalue weighted by molar-refractivity contribution is 5.80. The lowest BCUT2D eigenvalue weighted by molar-refractivity contribution is -0.305. The smallest absolute Gasteiger partial charge is 0.306 e. The summed E-state index contributed by atoms with van der Waals surface area (Å²) in [5.41, 5.74) is 0. The topological polar surface area (TPSA) is 175 Å². The summed E-state index contributed by atoms with van der Waals surface area (Å²) in [6.45, 7) is 5.79. The van der Waals surface area contributed by atoms with Crippen LogP contribution in [-0.4, -0.2) is 99.6 Å². The molecule has 1 saturated heterocycles. The van der Waals surface area contributed by atoms with E-state index in [1.54, 1.807) is 6.08 Å². The van der Waals surface area contributed by atoms with Gasteiger partial charge in [0.15, 0.2) is 12.4 Å². The standard InChI is InChI=1S/C76H139NO10/c1-4-7-10-13-16-19-22-25-27-29-31-33-34-35-36-37-39-41-43-46-49-52-55-58-61-64-71(81)87-74-73(83)72(82)70(65-78)86-76(74)85-66-67(68(79)62-59-56-53-50-47-44-24-21-18-15-12-9-6-3)77-75(84)69(80)63-60-57-54-51-48-45-42-40-38-32-30-28-26-23-20-17-14-11-8-5-2/h16-17,19-20,25-28,59,62,67-70,72-74,76,78-80,82-83H,4-15,18,21-24,29-58,60-61,63-66H2,1-3H3,(H,77,84)/b19-16-,20-17-,27-25-,28-26-,62-59+. The van der Waals surface area contributed by atoms with Gasteiger partial charge in [0.05, 0.1) is 25.4 Å². The van der Waals surface area contributed by atoms with Gasteiger partial charge in [0.2, 0.25) is 5.91 Å². The number of aliphatic hydroxyl groups is 5. The summed E-state index contributed by atoms with van der Waals surface area (Å²) in [6, 6.07) is -1.03. The minimum atomic E-state index is -1.61. The Hall–Kier alpha value is -2.64. The van der Waals surface area contributed by atoms with Crippen LogP contribution in [-0.2, 0) is 23.8 Å². The third-order valence-corrected chi connectivity index (χ3v) is 17.4. The molecule has 87 heavy (non-hydrogen) atoms. The van der Waals surface area contributed by atoms with Crippen molar-refractivity contribution in [3.05, 3.63) is 60.8 Å². The van der Waals surface area contributed by atoms with Crippen molar-refractivity contribution in [2.24, 2.45) is 0 Å². The molecule has 1 rings (SSSR count). The second-order valence-electron chi connectivity index (χ2n) is 25.7. The van der Waals surface area contributed by atoms with E-state index in [2.05, 4.69) is 74.7 Å². The first kappa shape index (κ1) is 82.4. The Morgan fingerprint density at radius 3 is 1.20 bits per heavy atom. The highest BCUT2D eigenvalue weighted by atomic mass is 16.7. The van der Waals surface area contributed by atoms with Crippen LogP contribution in [0.15, 0.2) is 60.8 Å². The van der Waals surface area contributed by atoms with Crippen LogP contribution in [0, 0.1) is 0 Å². The zero-order valence-corrected chi connectivity index (χ0v) is 56.6. The van der Waals surface area contributed by atoms with Gasteiger partial charge in [-0.2, -0.15) is 0 Å². The SMILES string of the molecule is CCCCC/C=C\C/C=C\CCCCCCCCCCCCCCCCCC(=O)OC1C(OCC(NC(=O)C(O)CCCCCCCCCCCC/C=C\C/C=C\CCCCC)C(O)/C=C/CCCCCCCCCCCCC)OC(CO)C(O)C1O. The fourth-order valence-electron chi connectivity index (χ4n) is 11.5. The monoisotopic (exact) mass is 1230 g/mol. The average Bonchev–Trinajstić information content (AvgIpc) is 2.32. The number of ether oxygens (including phenoxy) is 3. The molecule has 1 aliphatic heterocycles. The number of aliphatic hydroxyl groups excluding tert-OH is 5. The van der Waals surface area contributed by atoms with Crippen molar-refractivity contribution in [2.75, 3.05) is 13.2 Å². The Bertz CT molecular complexity index is 1650. The van der Waals surface area contributed by atoms with E-state index in [0.29, 0.717) is 12.8 Å². The van der Waals surface area contributed by atoms with E-state index in [0.717, 1.165) is 77.0 Å². The Kier molecular flexibility index (Phi) is 60.1. The second-order valence-corrected chi connectivity index (χ2v) is 25.7. The minimum Gasteiger partial charge on any atom is -0.454 e. The van der Waals surface area contributed by atoms with E-state index < -0.39 is 67.4 Å². The van der Waals surface area contributed by atoms with Gasteiger partial charge >= 0.3 is 5.97 Å². The Labute approximate surface area is 535 Å². The lowest BCUT2D eigenvalue weighted by Gasteiger charge is -2.41. The molecule has 0 aliphatic carbocycles. The van der Waals surface area contributed by atoms with Gasteiger partial charge in [-0.15, -0.1) is 0 Å². The van der Waals surface area contributed by atoms with Crippen LogP contribution in [0.3, 0.4) is 0 Å². The number of rotatable bonds is 64. The maximum Gasteiger partial charge on any atom is 0.306 e. The van der Waals surface area contributed by atoms with Gasteiger partial charge in [0, 0.05) is 6.42 Å². The zero-order valence-electron chi connectivity index (χ0n) is 56.6. The zero-order chi connectivity index (χ0) is 63.1. The molecule has 0 spiro atoms. The van der Waals surface area contributed by atoms with E-state index in [-0.39, 0.29) is 19.4 Å². The molecule has 0 bridgehead atoms. The molecule has 1 fully saturated rings. The molecule has 11 nitrogen and oxygen atoms in total. The summed E-state index contributed by atoms with van der Waals surface area (Å²) in [5.74, 6) is -1.18. The minimum absolute atomic E-state index is 0.124. The van der Waals surface area contributed by atoms with Gasteiger partial charge in [0.25, 0.3) is 0 Å². The molecular formula is C76H139NO10. The fourth-order valence-corrected chi connectivity index (χ4v) is 11.5. The number of allylic oxidation sites excluding steroid dienone is 9. The summed E-state index contributed by atoms with van der Waals surface area (Å²) in [6.07, 6.45) is 71.1. The van der Waals surface area contributed by atoms with Crippen molar-refractivity contribution in [2.45, 2.75) is 397 Å². The number of esters is 1. The third-order valence-electron chi connectivity index (χ3n) is 17.4. The predicted molar refractivity (Wildman–Crippen MR) is 366 cm³/mol. The van der Waals surface area contributed by atoms with E-state index >= 15 is 0 Å². The predicted octanol–water partition coefficient (Wildman–Crippen LogP) is 19.3. The molecule has 6 N–H and O–H groups in total. The summed E-state index contributed by atoms with van der Waals surface area (Å²) >= 11 is 0. The van der Waals surface area contributed by atoms with Gasteiger partial charge in [-0.05, 0) is 89.9 Å². The molecule has 0 aromatic heterocycles. The largest absolute Gasteiger partial charge is 0.454 e. The lowest BCUT2D eigenvalue weighted by atomic mass is 9.99. The molecule has 11 heteroatoms. The van der Waals surface area contributed by atoms with Gasteiger partial charge in [0.1, 0.15) is 24.4 Å². The lowest BCUT2D eigenvalue weighted by Crippen LogP contribution is -2.61. The Balaban J connectivity index is 2.55. The van der Waals surface area contributed by atoms with Crippen molar-refractivity contribution >= 4 is 11.9 Å². The first-order valence-electron chi connectivity index (χ1n) is 37.1. The molecule has 0 radical (unpaired) electrons. The first-order chi connectivity index (χ1) is 42.7. The van der Waals surface area contributed by atoms with E-state index in [1.807, 2.05) is 6.08 Å². The number of nitrogens with one attached hydrogen (secondary N) is 1. The highest BCUT2D eigenvalue weighted by Crippen LogP contribution is 2.26. The molecule has 1 amide bonds. The van der Waals surface area contributed by atoms with Gasteiger partial charge in [-0.25, -0.2) is 0 Å². The molecule has 0 saturated carbocycles. The van der Waals surface area contributed by atoms with E-state index in [1.165, 1.54) is 225 Å². The summed E-state index contributed by atoms with van der Waals surface area (Å²) in [5, 5.41) is 57.3. The van der Waals surface area contributed by atoms with Crippen LogP contribution >= 0.6 is 0 Å². The number of carbonyl (C=O) groups excluding carboxylic acids is 2. The maximum absolute atomic E-state index is 13.5. The van der Waals surface area contributed by atoms with Crippen LogP contribution < -0.4 is 5.32 Å². The Morgan fingerprint density at radius 1 is 0.448 bits per heavy atom. The highest BCUT2D eigenvalue weighted by Gasteiger charge is 2.47. The number of carbonyl (C=O) groups is 2. The molecule has 0 aromatic rings. The van der Waals surface area contributed by atoms with Crippen molar-refractivity contribution < 1.29 is 49.3 Å². The first-order valence-corrected chi connectivity index (χ1v) is 37.1. The number of hydrogen-bond acceptors (Lipinski definition) is 10. The molecule has 1 heterocycles. The fraction of sp³-hybridized carbons (Fsp3) is 0.842. The second kappa shape index (κ2) is 63.5. The van der Waals surface area contributed by atoms with Crippen LogP contribution in [0.25, 0.3) is 0 Å². The summed E-state index contributed by atoms with van der Waals surface area (Å²) in [4.78, 5) is 26.7. The molecular weight excluding hydrogens is 1090 g/mol. The third kappa shape index (κ3) is 50.7. The van der Waals surface area contributed by atoms with E-state index in [4.69, 9.17) is 14.2 Å². The van der Waals surface area contributed by atoms with Gasteiger partial charge in [-0.1, -0.05) is 313 Å². The summed E-state index contributed by atoms with van der Waals surface area (Å²) in [7, 11) is 0. The molecule has 508 valence electrons. The van der Waals surface area contributed by atoms with Crippen LogP contribution in [0.1, 0.15) is 348 Å². The van der Waals surface area contributed by atoms with Crippen molar-refractivity contribution in [1.82, 2.24) is 5.32 Å². The van der Waals surface area contributed by atoms with Crippen molar-refractivity contribution in [3.8, 4) is 0 Å². The average molecular weight is 1230 g/mol. The molecule has 8 atom stereocenters. The maximum atomic E-state index is 13.5. The number of unbranched alkanes of at least 4 members (excludes halogenated alkanes) is 42. The Morgan fingerprint density at radius 2 is 0.793 bits per heavy atom. The quantitative estimate of drug-likeness (QED) is 0.0195. The summed E-state index contributed by atoms with van der Waals surface area (Å²) < 4.78 is 17.7. The number of hydrogen-bond donors (Lipinski definition) is 6. The van der Waals surface area contributed by atoms with Crippen LogP contribution in [0.5, 0.6) is 0 Å². The normalized spacial score (nSPS) is 18.6. The molecule has 0 aromatic carbocycles. The molecule has 1 aliphatic rings. The van der Waals surface area contributed by atoms with Crippen molar-refractivity contribution in [3.63, 3.8) is 0 Å². The van der Waals surface area contributed by atoms with Gasteiger partial charge < -0.3 is 45.1 Å². The van der Waals surface area contributed by atoms with Crippen LogP contribution in [0.2, 0.25) is 0 Å². The number of amides is 1. The molecule has 8 unspecified atom stereocenters. The van der Waals surface area contributed by atoms with E-state index in [9.17, 15) is 35.1 Å². The van der Waals surface area contributed by atoms with Crippen LogP contribution in [0.4, 0.5) is 0 Å². The van der Waals surface area contributed by atoms with Crippen molar-refractivity contribution in [1.29, 1.82) is 0 Å².